The summed E-state index contributed by atoms with van der Waals surface area (Å²) in [5.41, 5.74) is 2.58. The second-order valence-corrected chi connectivity index (χ2v) is 7.77. The van der Waals surface area contributed by atoms with E-state index in [0.29, 0.717) is 44.6 Å². The molecule has 0 spiro atoms. The smallest absolute Gasteiger partial charge is 0.313 e. The maximum atomic E-state index is 12.3. The first-order valence-corrected chi connectivity index (χ1v) is 9.81. The van der Waals surface area contributed by atoms with Gasteiger partial charge in [-0.2, -0.15) is 0 Å². The fourth-order valence-corrected chi connectivity index (χ4v) is 4.17. The van der Waals surface area contributed by atoms with Gasteiger partial charge in [0.1, 0.15) is 0 Å². The lowest BCUT2D eigenvalue weighted by Crippen LogP contribution is -2.48. The van der Waals surface area contributed by atoms with Gasteiger partial charge in [0, 0.05) is 51.3 Å². The van der Waals surface area contributed by atoms with Crippen LogP contribution in [0.25, 0.3) is 0 Å². The molecule has 0 aromatic heterocycles. The topological polar surface area (TPSA) is 108 Å². The Morgan fingerprint density at radius 3 is 2.57 bits per heavy atom. The van der Waals surface area contributed by atoms with Gasteiger partial charge in [-0.25, -0.2) is 0 Å². The molecule has 1 aromatic rings. The summed E-state index contributed by atoms with van der Waals surface area (Å²) in [6.07, 6.45) is 3.70. The summed E-state index contributed by atoms with van der Waals surface area (Å²) in [5.74, 6) is -1.39. The van der Waals surface area contributed by atoms with E-state index in [1.54, 1.807) is 0 Å². The molecule has 0 aliphatic carbocycles. The van der Waals surface area contributed by atoms with E-state index in [2.05, 4.69) is 10.6 Å². The second-order valence-electron chi connectivity index (χ2n) is 7.77. The van der Waals surface area contributed by atoms with Crippen LogP contribution in [0.1, 0.15) is 36.8 Å². The summed E-state index contributed by atoms with van der Waals surface area (Å²) in [5, 5.41) is 15.6. The highest BCUT2D eigenvalue weighted by molar-refractivity contribution is 6.39. The molecule has 3 aliphatic rings. The zero-order valence-electron chi connectivity index (χ0n) is 15.8. The van der Waals surface area contributed by atoms with Gasteiger partial charge in [-0.3, -0.25) is 14.4 Å². The van der Waals surface area contributed by atoms with Gasteiger partial charge in [0.05, 0.1) is 11.3 Å². The van der Waals surface area contributed by atoms with Crippen LogP contribution in [0.5, 0.6) is 0 Å². The molecule has 3 amide bonds. The largest absolute Gasteiger partial charge is 0.388 e. The number of nitrogens with zero attached hydrogens (tertiary/aromatic N) is 1. The molecule has 0 atom stereocenters. The molecule has 8 heteroatoms. The van der Waals surface area contributed by atoms with Crippen molar-refractivity contribution in [2.75, 3.05) is 36.5 Å². The predicted molar refractivity (Wildman–Crippen MR) is 102 cm³/mol. The van der Waals surface area contributed by atoms with Crippen molar-refractivity contribution in [2.45, 2.75) is 44.1 Å². The lowest BCUT2D eigenvalue weighted by Gasteiger charge is -2.35. The minimum absolute atomic E-state index is 0.0229. The van der Waals surface area contributed by atoms with Crippen molar-refractivity contribution in [1.82, 2.24) is 5.32 Å². The van der Waals surface area contributed by atoms with Crippen LogP contribution in [-0.4, -0.2) is 54.7 Å². The highest BCUT2D eigenvalue weighted by Gasteiger charge is 2.32. The molecule has 1 aromatic carbocycles. The Balaban J connectivity index is 1.42. The fraction of sp³-hybridized carbons (Fsp3) is 0.550. The third-order valence-electron chi connectivity index (χ3n) is 5.74. The van der Waals surface area contributed by atoms with Gasteiger partial charge < -0.3 is 25.4 Å². The van der Waals surface area contributed by atoms with E-state index >= 15 is 0 Å². The number of hydrogen-bond acceptors (Lipinski definition) is 5. The van der Waals surface area contributed by atoms with Crippen molar-refractivity contribution < 1.29 is 24.2 Å². The standard InChI is InChI=1S/C20H25N3O5/c24-16-4-3-14-11-15(10-13-2-1-7-23(16)17(13)14)22-19(26)18(25)21-12-20(27)5-8-28-9-6-20/h10-11,27H,1-9,12H2,(H,21,25)(H,22,26). The normalized spacial score (nSPS) is 20.3. The van der Waals surface area contributed by atoms with Crippen molar-refractivity contribution >= 4 is 29.1 Å². The van der Waals surface area contributed by atoms with Crippen molar-refractivity contribution in [3.63, 3.8) is 0 Å². The minimum Gasteiger partial charge on any atom is -0.388 e. The number of aryl methyl sites for hydroxylation is 2. The van der Waals surface area contributed by atoms with E-state index in [1.165, 1.54) is 0 Å². The van der Waals surface area contributed by atoms with Crippen molar-refractivity contribution in [1.29, 1.82) is 0 Å². The van der Waals surface area contributed by atoms with Crippen molar-refractivity contribution in [2.24, 2.45) is 0 Å². The number of carbonyl (C=O) groups excluding carboxylic acids is 3. The number of hydrogen-bond donors (Lipinski definition) is 3. The van der Waals surface area contributed by atoms with Gasteiger partial charge in [0.15, 0.2) is 0 Å². The van der Waals surface area contributed by atoms with Crippen LogP contribution in [0.15, 0.2) is 12.1 Å². The minimum atomic E-state index is -1.03. The average Bonchev–Trinajstić information content (AvgIpc) is 2.69. The molecular weight excluding hydrogens is 362 g/mol. The molecule has 28 heavy (non-hydrogen) atoms. The fourth-order valence-electron chi connectivity index (χ4n) is 4.17. The van der Waals surface area contributed by atoms with Gasteiger partial charge in [-0.15, -0.1) is 0 Å². The lowest BCUT2D eigenvalue weighted by atomic mass is 9.91. The maximum Gasteiger partial charge on any atom is 0.313 e. The molecule has 1 fully saturated rings. The molecule has 3 N–H and O–H groups in total. The summed E-state index contributed by atoms with van der Waals surface area (Å²) in [7, 11) is 0. The zero-order chi connectivity index (χ0) is 19.7. The molecule has 3 heterocycles. The molecule has 150 valence electrons. The lowest BCUT2D eigenvalue weighted by molar-refractivity contribution is -0.137. The second kappa shape index (κ2) is 7.52. The Bertz CT molecular complexity index is 799. The number of anilines is 2. The van der Waals surface area contributed by atoms with E-state index in [0.717, 1.165) is 36.2 Å². The summed E-state index contributed by atoms with van der Waals surface area (Å²) in [6, 6.07) is 3.70. The van der Waals surface area contributed by atoms with E-state index in [9.17, 15) is 19.5 Å². The van der Waals surface area contributed by atoms with Crippen molar-refractivity contribution in [3.05, 3.63) is 23.3 Å². The van der Waals surface area contributed by atoms with E-state index in [-0.39, 0.29) is 12.5 Å². The summed E-state index contributed by atoms with van der Waals surface area (Å²) in [4.78, 5) is 38.4. The van der Waals surface area contributed by atoms with Gasteiger partial charge in [0.25, 0.3) is 0 Å². The average molecular weight is 387 g/mol. The third-order valence-corrected chi connectivity index (χ3v) is 5.74. The van der Waals surface area contributed by atoms with E-state index in [4.69, 9.17) is 4.74 Å². The molecule has 8 nitrogen and oxygen atoms in total. The predicted octanol–water partition coefficient (Wildman–Crippen LogP) is 0.508. The molecule has 4 rings (SSSR count). The first-order valence-electron chi connectivity index (χ1n) is 9.81. The van der Waals surface area contributed by atoms with Crippen LogP contribution < -0.4 is 15.5 Å². The summed E-state index contributed by atoms with van der Waals surface area (Å²) >= 11 is 0. The molecule has 0 radical (unpaired) electrons. The summed E-state index contributed by atoms with van der Waals surface area (Å²) < 4.78 is 5.21. The number of amides is 3. The molecule has 0 unspecified atom stereocenters. The zero-order valence-corrected chi connectivity index (χ0v) is 15.8. The highest BCUT2D eigenvalue weighted by Crippen LogP contribution is 2.37. The van der Waals surface area contributed by atoms with Crippen LogP contribution in [0.3, 0.4) is 0 Å². The number of aliphatic hydroxyl groups is 1. The van der Waals surface area contributed by atoms with Gasteiger partial charge >= 0.3 is 11.8 Å². The number of ether oxygens (including phenoxy) is 1. The Hall–Kier alpha value is -2.45. The Morgan fingerprint density at radius 2 is 1.82 bits per heavy atom. The first kappa shape index (κ1) is 18.9. The molecule has 3 aliphatic heterocycles. The number of rotatable bonds is 3. The van der Waals surface area contributed by atoms with Crippen LogP contribution >= 0.6 is 0 Å². The monoisotopic (exact) mass is 387 g/mol. The number of nitrogens with one attached hydrogen (secondary N) is 2. The third kappa shape index (κ3) is 3.74. The maximum absolute atomic E-state index is 12.3. The van der Waals surface area contributed by atoms with E-state index < -0.39 is 17.4 Å². The molecule has 1 saturated heterocycles. The SMILES string of the molecule is O=C(NCC1(O)CCOCC1)C(=O)Nc1cc2c3c(c1)CCC(=O)N3CCC2. The Morgan fingerprint density at radius 1 is 1.11 bits per heavy atom. The van der Waals surface area contributed by atoms with E-state index in [1.807, 2.05) is 17.0 Å². The quantitative estimate of drug-likeness (QED) is 0.655. The first-order chi connectivity index (χ1) is 13.5. The van der Waals surface area contributed by atoms with Crippen LogP contribution in [0.2, 0.25) is 0 Å². The van der Waals surface area contributed by atoms with Crippen LogP contribution in [-0.2, 0) is 32.0 Å². The van der Waals surface area contributed by atoms with Crippen molar-refractivity contribution in [3.8, 4) is 0 Å². The Labute approximate surface area is 163 Å². The number of benzene rings is 1. The molecular formula is C20H25N3O5. The van der Waals surface area contributed by atoms with Gasteiger partial charge in [-0.05, 0) is 42.5 Å². The molecule has 0 bridgehead atoms. The summed E-state index contributed by atoms with van der Waals surface area (Å²) in [6.45, 7) is 1.64. The number of carbonyl (C=O) groups is 3. The van der Waals surface area contributed by atoms with Gasteiger partial charge in [0.2, 0.25) is 5.91 Å². The van der Waals surface area contributed by atoms with Crippen LogP contribution in [0.4, 0.5) is 11.4 Å². The molecule has 0 saturated carbocycles. The van der Waals surface area contributed by atoms with Crippen LogP contribution in [0, 0.1) is 0 Å². The highest BCUT2D eigenvalue weighted by atomic mass is 16.5. The Kier molecular flexibility index (Phi) is 5.07. The van der Waals surface area contributed by atoms with Gasteiger partial charge in [-0.1, -0.05) is 0 Å².